The Kier molecular flexibility index (Phi) is 5.07. The maximum absolute atomic E-state index is 4.83. The summed E-state index contributed by atoms with van der Waals surface area (Å²) in [4.78, 5) is 12.0. The molecular weight excluding hydrogens is 322 g/mol. The van der Waals surface area contributed by atoms with E-state index < -0.39 is 0 Å². The van der Waals surface area contributed by atoms with Crippen LogP contribution in [0, 0.1) is 5.92 Å². The Hall–Kier alpha value is -2.14. The van der Waals surface area contributed by atoms with Gasteiger partial charge in [-0.3, -0.25) is 9.88 Å². The minimum Gasteiger partial charge on any atom is -0.357 e. The van der Waals surface area contributed by atoms with Crippen LogP contribution in [0.2, 0.25) is 0 Å². The highest BCUT2D eigenvalue weighted by molar-refractivity contribution is 5.85. The number of fused-ring (bicyclic) bond motifs is 1. The number of nitrogens with zero attached hydrogens (tertiary/aromatic N) is 3. The molecule has 0 amide bonds. The molecule has 5 nitrogen and oxygen atoms in total. The molecule has 138 valence electrons. The second kappa shape index (κ2) is 7.62. The van der Waals surface area contributed by atoms with Crippen molar-refractivity contribution in [2.75, 3.05) is 19.6 Å². The number of nitrogens with one attached hydrogen (secondary N) is 2. The van der Waals surface area contributed by atoms with Crippen LogP contribution in [-0.2, 0) is 6.54 Å². The van der Waals surface area contributed by atoms with Gasteiger partial charge in [0, 0.05) is 43.3 Å². The van der Waals surface area contributed by atoms with Gasteiger partial charge < -0.3 is 10.6 Å². The Morgan fingerprint density at radius 1 is 1.23 bits per heavy atom. The summed E-state index contributed by atoms with van der Waals surface area (Å²) >= 11 is 0. The lowest BCUT2D eigenvalue weighted by Crippen LogP contribution is -2.46. The molecule has 1 aromatic carbocycles. The number of rotatable bonds is 5. The van der Waals surface area contributed by atoms with E-state index in [1.165, 1.54) is 30.2 Å². The Morgan fingerprint density at radius 3 is 2.88 bits per heavy atom. The van der Waals surface area contributed by atoms with Crippen LogP contribution in [0.25, 0.3) is 10.8 Å². The van der Waals surface area contributed by atoms with Crippen molar-refractivity contribution in [3.8, 4) is 0 Å². The zero-order valence-corrected chi connectivity index (χ0v) is 15.8. The largest absolute Gasteiger partial charge is 0.357 e. The maximum atomic E-state index is 4.83. The van der Waals surface area contributed by atoms with E-state index in [0.29, 0.717) is 18.5 Å². The van der Waals surface area contributed by atoms with Crippen molar-refractivity contribution in [3.63, 3.8) is 0 Å². The van der Waals surface area contributed by atoms with Crippen LogP contribution >= 0.6 is 0 Å². The van der Waals surface area contributed by atoms with Crippen molar-refractivity contribution < 1.29 is 0 Å². The van der Waals surface area contributed by atoms with Gasteiger partial charge in [-0.2, -0.15) is 0 Å². The average molecular weight is 351 g/mol. The molecule has 1 saturated carbocycles. The van der Waals surface area contributed by atoms with Crippen LogP contribution in [0.5, 0.6) is 0 Å². The molecule has 5 heteroatoms. The Bertz CT molecular complexity index is 778. The molecule has 4 rings (SSSR count). The minimum atomic E-state index is 0.467. The van der Waals surface area contributed by atoms with E-state index in [1.54, 1.807) is 0 Å². The highest BCUT2D eigenvalue weighted by Gasteiger charge is 2.38. The number of guanidine groups is 1. The van der Waals surface area contributed by atoms with Crippen molar-refractivity contribution in [2.24, 2.45) is 10.9 Å². The molecular formula is C21H29N5. The van der Waals surface area contributed by atoms with Crippen LogP contribution in [0.4, 0.5) is 0 Å². The molecule has 2 heterocycles. The van der Waals surface area contributed by atoms with Gasteiger partial charge in [-0.25, -0.2) is 4.99 Å². The molecule has 1 aromatic heterocycles. The first-order valence-corrected chi connectivity index (χ1v) is 9.86. The molecule has 1 aliphatic carbocycles. The number of likely N-dealkylation sites (tertiary alicyclic amines) is 1. The van der Waals surface area contributed by atoms with E-state index >= 15 is 0 Å². The second-order valence-corrected chi connectivity index (χ2v) is 7.59. The molecule has 2 unspecified atom stereocenters. The second-order valence-electron chi connectivity index (χ2n) is 7.59. The lowest BCUT2D eigenvalue weighted by atomic mass is 10.1. The van der Waals surface area contributed by atoms with Crippen LogP contribution in [-0.4, -0.2) is 47.6 Å². The van der Waals surface area contributed by atoms with Gasteiger partial charge >= 0.3 is 0 Å². The van der Waals surface area contributed by atoms with Gasteiger partial charge in [0.25, 0.3) is 0 Å². The first kappa shape index (κ1) is 17.3. The third-order valence-corrected chi connectivity index (χ3v) is 5.51. The van der Waals surface area contributed by atoms with Crippen LogP contribution in [0.3, 0.4) is 0 Å². The summed E-state index contributed by atoms with van der Waals surface area (Å²) in [5.41, 5.74) is 1.03. The van der Waals surface area contributed by atoms with Crippen molar-refractivity contribution in [1.82, 2.24) is 20.5 Å². The van der Waals surface area contributed by atoms with Crippen molar-refractivity contribution in [2.45, 2.75) is 45.3 Å². The Morgan fingerprint density at radius 2 is 2.08 bits per heavy atom. The van der Waals surface area contributed by atoms with Crippen LogP contribution in [0.1, 0.15) is 32.4 Å². The van der Waals surface area contributed by atoms with Gasteiger partial charge in [-0.05, 0) is 37.1 Å². The quantitative estimate of drug-likeness (QED) is 0.642. The molecule has 2 atom stereocenters. The molecule has 1 aliphatic heterocycles. The lowest BCUT2D eigenvalue weighted by Gasteiger charge is -2.20. The maximum Gasteiger partial charge on any atom is 0.191 e. The molecule has 0 spiro atoms. The minimum absolute atomic E-state index is 0.467. The van der Waals surface area contributed by atoms with E-state index in [2.05, 4.69) is 64.7 Å². The molecule has 2 fully saturated rings. The van der Waals surface area contributed by atoms with E-state index in [4.69, 9.17) is 4.99 Å². The standard InChI is InChI=1S/C21H29N5/c1-3-22-21(25-20-14-26(13-15(20)2)17-8-9-17)24-12-19-18-7-5-4-6-16(18)10-11-23-19/h4-7,10-11,15,17,20H,3,8-9,12-14H2,1-2H3,(H2,22,24,25). The number of aromatic nitrogens is 1. The molecule has 2 aliphatic rings. The first-order valence-electron chi connectivity index (χ1n) is 9.86. The van der Waals surface area contributed by atoms with Crippen LogP contribution < -0.4 is 10.6 Å². The van der Waals surface area contributed by atoms with Crippen molar-refractivity contribution >= 4 is 16.7 Å². The molecule has 26 heavy (non-hydrogen) atoms. The summed E-state index contributed by atoms with van der Waals surface area (Å²) in [6.45, 7) is 8.24. The summed E-state index contributed by atoms with van der Waals surface area (Å²) in [6, 6.07) is 11.7. The summed E-state index contributed by atoms with van der Waals surface area (Å²) in [5.74, 6) is 1.55. The first-order chi connectivity index (χ1) is 12.7. The van der Waals surface area contributed by atoms with Crippen LogP contribution in [0.15, 0.2) is 41.5 Å². The Labute approximate surface area is 155 Å². The number of hydrogen-bond donors (Lipinski definition) is 2. The monoisotopic (exact) mass is 351 g/mol. The molecule has 1 saturated heterocycles. The lowest BCUT2D eigenvalue weighted by molar-refractivity contribution is 0.315. The predicted octanol–water partition coefficient (Wildman–Crippen LogP) is 2.77. The summed E-state index contributed by atoms with van der Waals surface area (Å²) < 4.78 is 0. The topological polar surface area (TPSA) is 52.6 Å². The van der Waals surface area contributed by atoms with Crippen molar-refractivity contribution in [1.29, 1.82) is 0 Å². The van der Waals surface area contributed by atoms with E-state index in [0.717, 1.165) is 30.8 Å². The predicted molar refractivity (Wildman–Crippen MR) is 107 cm³/mol. The zero-order chi connectivity index (χ0) is 17.9. The van der Waals surface area contributed by atoms with E-state index in [1.807, 2.05) is 6.20 Å². The van der Waals surface area contributed by atoms with Gasteiger partial charge in [-0.15, -0.1) is 0 Å². The van der Waals surface area contributed by atoms with Gasteiger partial charge in [0.2, 0.25) is 0 Å². The van der Waals surface area contributed by atoms with Gasteiger partial charge in [0.05, 0.1) is 12.2 Å². The van der Waals surface area contributed by atoms with Gasteiger partial charge in [0.1, 0.15) is 0 Å². The highest BCUT2D eigenvalue weighted by Crippen LogP contribution is 2.31. The SMILES string of the molecule is CCNC(=NCc1nccc2ccccc12)NC1CN(C2CC2)CC1C. The van der Waals surface area contributed by atoms with Gasteiger partial charge in [-0.1, -0.05) is 31.2 Å². The molecule has 2 aromatic rings. The van der Waals surface area contributed by atoms with E-state index in [-0.39, 0.29) is 0 Å². The highest BCUT2D eigenvalue weighted by atomic mass is 15.3. The number of pyridine rings is 1. The summed E-state index contributed by atoms with van der Waals surface area (Å²) in [5, 5.41) is 9.47. The third kappa shape index (κ3) is 3.83. The fourth-order valence-electron chi connectivity index (χ4n) is 3.89. The third-order valence-electron chi connectivity index (χ3n) is 5.51. The fraction of sp³-hybridized carbons (Fsp3) is 0.524. The molecule has 0 bridgehead atoms. The summed E-state index contributed by atoms with van der Waals surface area (Å²) in [7, 11) is 0. The molecule has 2 N–H and O–H groups in total. The van der Waals surface area contributed by atoms with Gasteiger partial charge in [0.15, 0.2) is 5.96 Å². The normalized spacial score (nSPS) is 24.2. The number of benzene rings is 1. The number of hydrogen-bond acceptors (Lipinski definition) is 3. The number of aliphatic imine (C=N–C) groups is 1. The fourth-order valence-corrected chi connectivity index (χ4v) is 3.89. The van der Waals surface area contributed by atoms with Crippen molar-refractivity contribution in [3.05, 3.63) is 42.2 Å². The molecule has 0 radical (unpaired) electrons. The smallest absolute Gasteiger partial charge is 0.191 e. The Balaban J connectivity index is 1.47. The van der Waals surface area contributed by atoms with E-state index in [9.17, 15) is 0 Å². The average Bonchev–Trinajstić information content (AvgIpc) is 3.44. The summed E-state index contributed by atoms with van der Waals surface area (Å²) in [6.07, 6.45) is 4.63. The zero-order valence-electron chi connectivity index (χ0n) is 15.8.